The largest absolute Gasteiger partial charge is 0.377 e. The van der Waals surface area contributed by atoms with Crippen molar-refractivity contribution in [2.45, 2.75) is 64.5 Å². The minimum absolute atomic E-state index is 0.0636. The monoisotopic (exact) mass is 277 g/mol. The summed E-state index contributed by atoms with van der Waals surface area (Å²) in [6.45, 7) is 7.71. The number of hydrogen-bond donors (Lipinski definition) is 1. The molecule has 0 aliphatic carbocycles. The van der Waals surface area contributed by atoms with Crippen LogP contribution in [0.25, 0.3) is 0 Å². The van der Waals surface area contributed by atoms with Gasteiger partial charge < -0.3 is 10.1 Å². The molecule has 0 saturated heterocycles. The molecule has 0 aliphatic heterocycles. The van der Waals surface area contributed by atoms with Crippen LogP contribution in [-0.2, 0) is 11.2 Å². The van der Waals surface area contributed by atoms with Crippen LogP contribution in [0.1, 0.15) is 52.0 Å². The Morgan fingerprint density at radius 2 is 1.90 bits per heavy atom. The fourth-order valence-electron chi connectivity index (χ4n) is 2.63. The fraction of sp³-hybridized carbons (Fsp3) is 0.667. The van der Waals surface area contributed by atoms with Crippen LogP contribution in [-0.4, -0.2) is 25.3 Å². The van der Waals surface area contributed by atoms with Crippen LogP contribution in [0.4, 0.5) is 0 Å². The summed E-state index contributed by atoms with van der Waals surface area (Å²) in [7, 11) is 1.83. The predicted octanol–water partition coefficient (Wildman–Crippen LogP) is 4.19. The van der Waals surface area contributed by atoms with Crippen molar-refractivity contribution < 1.29 is 4.74 Å². The molecule has 0 amide bonds. The Hall–Kier alpha value is -0.860. The minimum atomic E-state index is -0.0636. The molecule has 0 saturated carbocycles. The van der Waals surface area contributed by atoms with E-state index in [9.17, 15) is 0 Å². The van der Waals surface area contributed by atoms with Gasteiger partial charge in [0.2, 0.25) is 0 Å². The second kappa shape index (κ2) is 9.15. The highest BCUT2D eigenvalue weighted by atomic mass is 16.5. The molecule has 0 aromatic heterocycles. The molecular weight excluding hydrogens is 246 g/mol. The zero-order valence-corrected chi connectivity index (χ0v) is 13.6. The summed E-state index contributed by atoms with van der Waals surface area (Å²) in [5, 5.41) is 3.67. The van der Waals surface area contributed by atoms with Crippen molar-refractivity contribution in [1.82, 2.24) is 5.32 Å². The highest BCUT2D eigenvalue weighted by Crippen LogP contribution is 2.23. The number of nitrogens with one attached hydrogen (secondary N) is 1. The molecule has 114 valence electrons. The van der Waals surface area contributed by atoms with Crippen LogP contribution >= 0.6 is 0 Å². The van der Waals surface area contributed by atoms with Crippen molar-refractivity contribution >= 4 is 0 Å². The predicted molar refractivity (Wildman–Crippen MR) is 87.2 cm³/mol. The Bertz CT molecular complexity index is 346. The van der Waals surface area contributed by atoms with E-state index in [4.69, 9.17) is 4.74 Å². The Kier molecular flexibility index (Phi) is 7.86. The summed E-state index contributed by atoms with van der Waals surface area (Å²) in [6.07, 6.45) is 5.71. The first-order chi connectivity index (χ1) is 9.66. The maximum atomic E-state index is 5.79. The molecule has 2 heteroatoms. The van der Waals surface area contributed by atoms with Gasteiger partial charge in [0.25, 0.3) is 0 Å². The van der Waals surface area contributed by atoms with Crippen molar-refractivity contribution in [1.29, 1.82) is 0 Å². The second-order valence-corrected chi connectivity index (χ2v) is 5.75. The molecular formula is C18H31NO. The standard InChI is InChI=1S/C18H31NO/c1-5-15-19-17(18(3,6-2)20-4)14-10-13-16-11-8-7-9-12-16/h7-9,11-12,17,19H,5-6,10,13-15H2,1-4H3. The quantitative estimate of drug-likeness (QED) is 0.692. The van der Waals surface area contributed by atoms with Crippen LogP contribution in [0.15, 0.2) is 30.3 Å². The van der Waals surface area contributed by atoms with Crippen LogP contribution in [0.3, 0.4) is 0 Å². The molecule has 2 unspecified atom stereocenters. The van der Waals surface area contributed by atoms with Crippen LogP contribution < -0.4 is 5.32 Å². The summed E-state index contributed by atoms with van der Waals surface area (Å²) in [5.41, 5.74) is 1.36. The molecule has 1 N–H and O–H groups in total. The van der Waals surface area contributed by atoms with Crippen molar-refractivity contribution in [3.63, 3.8) is 0 Å². The van der Waals surface area contributed by atoms with Gasteiger partial charge in [-0.2, -0.15) is 0 Å². The first-order valence-corrected chi connectivity index (χ1v) is 7.98. The Morgan fingerprint density at radius 1 is 1.20 bits per heavy atom. The van der Waals surface area contributed by atoms with E-state index in [1.165, 1.54) is 18.4 Å². The van der Waals surface area contributed by atoms with Crippen molar-refractivity contribution in [2.24, 2.45) is 0 Å². The van der Waals surface area contributed by atoms with E-state index in [1.807, 2.05) is 7.11 Å². The second-order valence-electron chi connectivity index (χ2n) is 5.75. The molecule has 0 radical (unpaired) electrons. The molecule has 0 fully saturated rings. The molecule has 2 nitrogen and oxygen atoms in total. The average molecular weight is 277 g/mol. The summed E-state index contributed by atoms with van der Waals surface area (Å²) in [5.74, 6) is 0. The van der Waals surface area contributed by atoms with Gasteiger partial charge in [0.05, 0.1) is 5.60 Å². The third kappa shape index (κ3) is 5.26. The topological polar surface area (TPSA) is 21.3 Å². The van der Waals surface area contributed by atoms with Gasteiger partial charge in [-0.1, -0.05) is 44.2 Å². The smallest absolute Gasteiger partial charge is 0.0800 e. The van der Waals surface area contributed by atoms with Crippen LogP contribution in [0, 0.1) is 0 Å². The molecule has 2 atom stereocenters. The van der Waals surface area contributed by atoms with Gasteiger partial charge in [-0.3, -0.25) is 0 Å². The number of aryl methyl sites for hydroxylation is 1. The van der Waals surface area contributed by atoms with Gasteiger partial charge in [-0.05, 0) is 51.1 Å². The number of hydrogen-bond acceptors (Lipinski definition) is 2. The first-order valence-electron chi connectivity index (χ1n) is 7.98. The summed E-state index contributed by atoms with van der Waals surface area (Å²) < 4.78 is 5.79. The first kappa shape index (κ1) is 17.2. The summed E-state index contributed by atoms with van der Waals surface area (Å²) >= 11 is 0. The maximum absolute atomic E-state index is 5.79. The van der Waals surface area contributed by atoms with Gasteiger partial charge in [-0.15, -0.1) is 0 Å². The summed E-state index contributed by atoms with van der Waals surface area (Å²) in [6, 6.07) is 11.2. The van der Waals surface area contributed by atoms with Gasteiger partial charge in [0.15, 0.2) is 0 Å². The molecule has 1 rings (SSSR count). The summed E-state index contributed by atoms with van der Waals surface area (Å²) in [4.78, 5) is 0. The number of benzene rings is 1. The van der Waals surface area contributed by atoms with E-state index in [2.05, 4.69) is 56.4 Å². The lowest BCUT2D eigenvalue weighted by molar-refractivity contribution is -0.0314. The van der Waals surface area contributed by atoms with E-state index in [0.717, 1.165) is 25.8 Å². The third-order valence-corrected chi connectivity index (χ3v) is 4.35. The third-order valence-electron chi connectivity index (χ3n) is 4.35. The number of methoxy groups -OCH3 is 1. The number of ether oxygens (including phenoxy) is 1. The lowest BCUT2D eigenvalue weighted by Crippen LogP contribution is -2.50. The van der Waals surface area contributed by atoms with E-state index in [1.54, 1.807) is 0 Å². The molecule has 0 aliphatic rings. The van der Waals surface area contributed by atoms with Gasteiger partial charge in [-0.25, -0.2) is 0 Å². The normalized spacial score (nSPS) is 15.8. The molecule has 1 aromatic carbocycles. The number of rotatable bonds is 10. The fourth-order valence-corrected chi connectivity index (χ4v) is 2.63. The van der Waals surface area contributed by atoms with E-state index in [-0.39, 0.29) is 5.60 Å². The SMILES string of the molecule is CCCNC(CCCc1ccccc1)C(C)(CC)OC. The maximum Gasteiger partial charge on any atom is 0.0800 e. The van der Waals surface area contributed by atoms with E-state index < -0.39 is 0 Å². The van der Waals surface area contributed by atoms with Crippen molar-refractivity contribution in [3.8, 4) is 0 Å². The highest BCUT2D eigenvalue weighted by Gasteiger charge is 2.31. The van der Waals surface area contributed by atoms with Crippen LogP contribution in [0.2, 0.25) is 0 Å². The van der Waals surface area contributed by atoms with E-state index >= 15 is 0 Å². The molecule has 0 spiro atoms. The Morgan fingerprint density at radius 3 is 2.45 bits per heavy atom. The van der Waals surface area contributed by atoms with Crippen molar-refractivity contribution in [3.05, 3.63) is 35.9 Å². The van der Waals surface area contributed by atoms with Crippen molar-refractivity contribution in [2.75, 3.05) is 13.7 Å². The molecule has 20 heavy (non-hydrogen) atoms. The average Bonchev–Trinajstić information content (AvgIpc) is 2.51. The zero-order valence-electron chi connectivity index (χ0n) is 13.6. The highest BCUT2D eigenvalue weighted by molar-refractivity contribution is 5.14. The minimum Gasteiger partial charge on any atom is -0.377 e. The van der Waals surface area contributed by atoms with E-state index in [0.29, 0.717) is 6.04 Å². The van der Waals surface area contributed by atoms with Gasteiger partial charge in [0, 0.05) is 13.2 Å². The van der Waals surface area contributed by atoms with Gasteiger partial charge >= 0.3 is 0 Å². The lowest BCUT2D eigenvalue weighted by atomic mass is 9.88. The van der Waals surface area contributed by atoms with Crippen LogP contribution in [0.5, 0.6) is 0 Å². The Balaban J connectivity index is 2.52. The molecule has 1 aromatic rings. The zero-order chi connectivity index (χ0) is 14.8. The van der Waals surface area contributed by atoms with Gasteiger partial charge in [0.1, 0.15) is 0 Å². The molecule has 0 bridgehead atoms. The lowest BCUT2D eigenvalue weighted by Gasteiger charge is -2.36. The Labute approximate surface area is 124 Å². The molecule has 0 heterocycles.